The maximum Gasteiger partial charge on any atom is 0.262 e. The average Bonchev–Trinajstić information content (AvgIpc) is 2.53. The van der Waals surface area contributed by atoms with Crippen LogP contribution in [0.4, 0.5) is 5.69 Å². The fourth-order valence-electron chi connectivity index (χ4n) is 2.80. The average molecular weight is 376 g/mol. The molecule has 1 aromatic rings. The molecule has 0 atom stereocenters. The predicted octanol–water partition coefficient (Wildman–Crippen LogP) is 3.87. The first kappa shape index (κ1) is 17.6. The molecule has 0 aromatic heterocycles. The lowest BCUT2D eigenvalue weighted by Crippen LogP contribution is -2.36. The quantitative estimate of drug-likeness (QED) is 0.641. The number of nitrogens with one attached hydrogen (secondary N) is 1. The number of anilines is 1. The summed E-state index contributed by atoms with van der Waals surface area (Å²) in [6, 6.07) is 8.01. The molecule has 0 heterocycles. The van der Waals surface area contributed by atoms with Crippen LogP contribution in [-0.2, 0) is 4.79 Å². The fraction of sp³-hybridized carbons (Fsp3) is 0.444. The van der Waals surface area contributed by atoms with E-state index in [1.54, 1.807) is 6.08 Å². The topological polar surface area (TPSA) is 56.1 Å². The second-order valence-corrected chi connectivity index (χ2v) is 6.94. The van der Waals surface area contributed by atoms with Gasteiger partial charge in [-0.3, -0.25) is 4.79 Å². The van der Waals surface area contributed by atoms with E-state index >= 15 is 0 Å². The molecule has 0 spiro atoms. The molecule has 0 aliphatic heterocycles. The van der Waals surface area contributed by atoms with Crippen LogP contribution in [0.2, 0.25) is 0 Å². The largest absolute Gasteiger partial charge is 0.377 e. The number of nitriles is 1. The van der Waals surface area contributed by atoms with Crippen LogP contribution in [0.25, 0.3) is 6.08 Å². The Morgan fingerprint density at radius 3 is 2.61 bits per heavy atom. The van der Waals surface area contributed by atoms with E-state index < -0.39 is 0 Å². The van der Waals surface area contributed by atoms with Gasteiger partial charge in [-0.1, -0.05) is 25.3 Å². The van der Waals surface area contributed by atoms with Crippen molar-refractivity contribution in [3.05, 3.63) is 33.8 Å². The second-order valence-electron chi connectivity index (χ2n) is 6.08. The third-order valence-corrected chi connectivity index (χ3v) is 4.71. The summed E-state index contributed by atoms with van der Waals surface area (Å²) < 4.78 is 0.932. The summed E-state index contributed by atoms with van der Waals surface area (Å²) in [5.41, 5.74) is 2.03. The Morgan fingerprint density at radius 2 is 2.04 bits per heavy atom. The van der Waals surface area contributed by atoms with E-state index in [1.807, 2.05) is 43.3 Å². The van der Waals surface area contributed by atoms with Crippen molar-refractivity contribution in [3.8, 4) is 6.07 Å². The van der Waals surface area contributed by atoms with Gasteiger partial charge in [0.1, 0.15) is 11.6 Å². The molecule has 0 bridgehead atoms. The van der Waals surface area contributed by atoms with E-state index in [4.69, 9.17) is 0 Å². The molecular weight excluding hydrogens is 354 g/mol. The first-order valence-electron chi connectivity index (χ1n) is 7.91. The molecule has 1 saturated carbocycles. The van der Waals surface area contributed by atoms with Crippen molar-refractivity contribution in [2.24, 2.45) is 0 Å². The smallest absolute Gasteiger partial charge is 0.262 e. The van der Waals surface area contributed by atoms with Gasteiger partial charge in [-0.2, -0.15) is 5.26 Å². The zero-order chi connectivity index (χ0) is 16.8. The predicted molar refractivity (Wildman–Crippen MR) is 97.1 cm³/mol. The molecule has 2 rings (SSSR count). The van der Waals surface area contributed by atoms with Crippen LogP contribution in [-0.4, -0.2) is 26.0 Å². The van der Waals surface area contributed by atoms with E-state index in [2.05, 4.69) is 21.2 Å². The number of nitrogens with zero attached hydrogens (tertiary/aromatic N) is 2. The number of benzene rings is 1. The Balaban J connectivity index is 2.13. The van der Waals surface area contributed by atoms with Crippen molar-refractivity contribution in [2.45, 2.75) is 38.1 Å². The first-order valence-corrected chi connectivity index (χ1v) is 8.70. The Hall–Kier alpha value is -1.80. The van der Waals surface area contributed by atoms with Gasteiger partial charge < -0.3 is 10.2 Å². The summed E-state index contributed by atoms with van der Waals surface area (Å²) in [7, 11) is 3.93. The number of halogens is 1. The van der Waals surface area contributed by atoms with E-state index in [1.165, 1.54) is 6.42 Å². The molecule has 1 aliphatic carbocycles. The van der Waals surface area contributed by atoms with Crippen LogP contribution in [0, 0.1) is 11.3 Å². The fourth-order valence-corrected chi connectivity index (χ4v) is 3.55. The molecule has 1 N–H and O–H groups in total. The van der Waals surface area contributed by atoms with E-state index in [-0.39, 0.29) is 17.5 Å². The van der Waals surface area contributed by atoms with Crippen LogP contribution in [0.3, 0.4) is 0 Å². The SMILES string of the molecule is CN(C)c1ccc(/C=C(/C#N)C(=O)NC2CCCCC2)cc1Br. The summed E-state index contributed by atoms with van der Waals surface area (Å²) in [4.78, 5) is 14.3. The van der Waals surface area contributed by atoms with Gasteiger partial charge in [0.15, 0.2) is 0 Å². The maximum absolute atomic E-state index is 12.3. The standard InChI is InChI=1S/C18H22BrN3O/c1-22(2)17-9-8-13(11-16(17)19)10-14(12-20)18(23)21-15-6-4-3-5-7-15/h8-11,15H,3-7H2,1-2H3,(H,21,23)/b14-10-. The van der Waals surface area contributed by atoms with E-state index in [0.29, 0.717) is 0 Å². The van der Waals surface area contributed by atoms with Gasteiger partial charge in [0.05, 0.1) is 5.69 Å². The summed E-state index contributed by atoms with van der Waals surface area (Å²) in [6.45, 7) is 0. The lowest BCUT2D eigenvalue weighted by atomic mass is 9.95. The van der Waals surface area contributed by atoms with Gasteiger partial charge in [0.25, 0.3) is 5.91 Å². The van der Waals surface area contributed by atoms with Gasteiger partial charge >= 0.3 is 0 Å². The first-order chi connectivity index (χ1) is 11.0. The van der Waals surface area contributed by atoms with Crippen molar-refractivity contribution in [1.82, 2.24) is 5.32 Å². The molecular formula is C18H22BrN3O. The molecule has 1 fully saturated rings. The molecule has 122 valence electrons. The van der Waals surface area contributed by atoms with Crippen molar-refractivity contribution >= 4 is 33.6 Å². The molecule has 1 aromatic carbocycles. The van der Waals surface area contributed by atoms with E-state index in [9.17, 15) is 10.1 Å². The Bertz CT molecular complexity index is 640. The van der Waals surface area contributed by atoms with Gasteiger partial charge in [0, 0.05) is 24.6 Å². The van der Waals surface area contributed by atoms with E-state index in [0.717, 1.165) is 41.4 Å². The number of amides is 1. The number of hydrogen-bond donors (Lipinski definition) is 1. The molecule has 23 heavy (non-hydrogen) atoms. The number of rotatable bonds is 4. The van der Waals surface area contributed by atoms with Crippen molar-refractivity contribution in [3.63, 3.8) is 0 Å². The van der Waals surface area contributed by atoms with Crippen LogP contribution in [0.5, 0.6) is 0 Å². The minimum Gasteiger partial charge on any atom is -0.377 e. The molecule has 0 saturated heterocycles. The molecule has 1 aliphatic rings. The number of hydrogen-bond acceptors (Lipinski definition) is 3. The highest BCUT2D eigenvalue weighted by atomic mass is 79.9. The van der Waals surface area contributed by atoms with Crippen LogP contribution in [0.1, 0.15) is 37.7 Å². The molecule has 1 amide bonds. The van der Waals surface area contributed by atoms with Gasteiger partial charge in [0.2, 0.25) is 0 Å². The summed E-state index contributed by atoms with van der Waals surface area (Å²) >= 11 is 3.52. The zero-order valence-corrected chi connectivity index (χ0v) is 15.2. The Kier molecular flexibility index (Phi) is 6.23. The second kappa shape index (κ2) is 8.16. The zero-order valence-electron chi connectivity index (χ0n) is 13.6. The minimum atomic E-state index is -0.271. The monoisotopic (exact) mass is 375 g/mol. The normalized spacial score (nSPS) is 15.8. The third kappa shape index (κ3) is 4.84. The lowest BCUT2D eigenvalue weighted by Gasteiger charge is -2.22. The number of carbonyl (C=O) groups excluding carboxylic acids is 1. The Morgan fingerprint density at radius 1 is 1.35 bits per heavy atom. The van der Waals surface area contributed by atoms with Gasteiger partial charge in [-0.25, -0.2) is 0 Å². The highest BCUT2D eigenvalue weighted by Gasteiger charge is 2.18. The minimum absolute atomic E-state index is 0.153. The molecule has 5 heteroatoms. The molecule has 4 nitrogen and oxygen atoms in total. The molecule has 0 radical (unpaired) electrons. The summed E-state index contributed by atoms with van der Waals surface area (Å²) in [6.07, 6.45) is 7.19. The Labute approximate surface area is 146 Å². The van der Waals surface area contributed by atoms with Crippen LogP contribution >= 0.6 is 15.9 Å². The van der Waals surface area contributed by atoms with Crippen molar-refractivity contribution < 1.29 is 4.79 Å². The summed E-state index contributed by atoms with van der Waals surface area (Å²) in [5.74, 6) is -0.271. The lowest BCUT2D eigenvalue weighted by molar-refractivity contribution is -0.117. The van der Waals surface area contributed by atoms with Crippen LogP contribution < -0.4 is 10.2 Å². The van der Waals surface area contributed by atoms with Gasteiger partial charge in [-0.15, -0.1) is 0 Å². The molecule has 0 unspecified atom stereocenters. The van der Waals surface area contributed by atoms with Crippen molar-refractivity contribution in [2.75, 3.05) is 19.0 Å². The van der Waals surface area contributed by atoms with Crippen molar-refractivity contribution in [1.29, 1.82) is 5.26 Å². The third-order valence-electron chi connectivity index (χ3n) is 4.07. The highest BCUT2D eigenvalue weighted by molar-refractivity contribution is 9.10. The number of carbonyl (C=O) groups is 1. The highest BCUT2D eigenvalue weighted by Crippen LogP contribution is 2.26. The van der Waals surface area contributed by atoms with Gasteiger partial charge in [-0.05, 0) is 52.5 Å². The summed E-state index contributed by atoms with van der Waals surface area (Å²) in [5, 5.41) is 12.3. The van der Waals surface area contributed by atoms with Crippen LogP contribution in [0.15, 0.2) is 28.2 Å². The maximum atomic E-state index is 12.3.